The lowest BCUT2D eigenvalue weighted by molar-refractivity contribution is -0.128. The maximum atomic E-state index is 12.8. The first kappa shape index (κ1) is 17.7. The van der Waals surface area contributed by atoms with E-state index in [0.29, 0.717) is 11.4 Å². The van der Waals surface area contributed by atoms with Crippen molar-refractivity contribution in [1.82, 2.24) is 4.90 Å². The summed E-state index contributed by atoms with van der Waals surface area (Å²) in [5, 5.41) is 5.55. The van der Waals surface area contributed by atoms with Crippen LogP contribution >= 0.6 is 0 Å². The second-order valence-electron chi connectivity index (χ2n) is 6.42. The summed E-state index contributed by atoms with van der Waals surface area (Å²) in [6.07, 6.45) is 0.186. The van der Waals surface area contributed by atoms with Gasteiger partial charge in [0.2, 0.25) is 17.7 Å². The molecule has 1 fully saturated rings. The van der Waals surface area contributed by atoms with Crippen molar-refractivity contribution in [3.8, 4) is 0 Å². The Balaban J connectivity index is 1.75. The predicted molar refractivity (Wildman–Crippen MR) is 99.4 cm³/mol. The summed E-state index contributed by atoms with van der Waals surface area (Å²) >= 11 is 0. The molecule has 3 amide bonds. The van der Waals surface area contributed by atoms with Gasteiger partial charge in [-0.2, -0.15) is 0 Å². The van der Waals surface area contributed by atoms with Crippen LogP contribution in [0.3, 0.4) is 0 Å². The van der Waals surface area contributed by atoms with Crippen LogP contribution in [0.25, 0.3) is 0 Å². The Morgan fingerprint density at radius 3 is 2.12 bits per heavy atom. The molecule has 1 aliphatic rings. The van der Waals surface area contributed by atoms with Gasteiger partial charge in [0.05, 0.1) is 12.0 Å². The SMILES string of the molecule is CC(=O)Nc1ccc(NC(=O)[C@@H]2CC(=O)N(C)[C@H]2c2ccccc2)cc1. The van der Waals surface area contributed by atoms with Gasteiger partial charge in [-0.25, -0.2) is 0 Å². The normalized spacial score (nSPS) is 19.3. The van der Waals surface area contributed by atoms with Crippen molar-refractivity contribution in [2.24, 2.45) is 5.92 Å². The molecule has 1 saturated heterocycles. The number of carbonyl (C=O) groups excluding carboxylic acids is 3. The molecule has 2 atom stereocenters. The maximum absolute atomic E-state index is 12.8. The van der Waals surface area contributed by atoms with Crippen LogP contribution in [0, 0.1) is 5.92 Å². The van der Waals surface area contributed by atoms with Crippen LogP contribution < -0.4 is 10.6 Å². The minimum Gasteiger partial charge on any atom is -0.338 e. The summed E-state index contributed by atoms with van der Waals surface area (Å²) in [7, 11) is 1.73. The lowest BCUT2D eigenvalue weighted by atomic mass is 9.93. The number of nitrogens with zero attached hydrogens (tertiary/aromatic N) is 1. The van der Waals surface area contributed by atoms with Gasteiger partial charge in [-0.3, -0.25) is 14.4 Å². The summed E-state index contributed by atoms with van der Waals surface area (Å²) in [6.45, 7) is 1.44. The Morgan fingerprint density at radius 2 is 1.54 bits per heavy atom. The Hall–Kier alpha value is -3.15. The number of carbonyl (C=O) groups is 3. The second kappa shape index (κ2) is 7.39. The standard InChI is InChI=1S/C20H21N3O3/c1-13(24)21-15-8-10-16(11-9-15)22-20(26)17-12-18(25)23(2)19(17)14-6-4-3-5-7-14/h3-11,17,19H,12H2,1-2H3,(H,21,24)(H,22,26)/t17-,19+/m1/s1. The molecule has 0 aliphatic carbocycles. The average molecular weight is 351 g/mol. The molecule has 1 aliphatic heterocycles. The zero-order valence-electron chi connectivity index (χ0n) is 14.7. The number of hydrogen-bond donors (Lipinski definition) is 2. The van der Waals surface area contributed by atoms with E-state index in [-0.39, 0.29) is 30.2 Å². The van der Waals surface area contributed by atoms with Gasteiger partial charge in [-0.1, -0.05) is 30.3 Å². The van der Waals surface area contributed by atoms with E-state index in [9.17, 15) is 14.4 Å². The van der Waals surface area contributed by atoms with Crippen molar-refractivity contribution < 1.29 is 14.4 Å². The molecule has 0 unspecified atom stereocenters. The van der Waals surface area contributed by atoms with Crippen LogP contribution in [0.5, 0.6) is 0 Å². The molecule has 0 radical (unpaired) electrons. The number of anilines is 2. The predicted octanol–water partition coefficient (Wildman–Crippen LogP) is 2.80. The molecule has 1 heterocycles. The highest BCUT2D eigenvalue weighted by atomic mass is 16.2. The third kappa shape index (κ3) is 3.74. The first-order valence-electron chi connectivity index (χ1n) is 8.45. The molecule has 0 saturated carbocycles. The summed E-state index contributed by atoms with van der Waals surface area (Å²) in [5.74, 6) is -0.839. The Labute approximate surface area is 152 Å². The quantitative estimate of drug-likeness (QED) is 0.889. The van der Waals surface area contributed by atoms with Crippen LogP contribution in [0.15, 0.2) is 54.6 Å². The van der Waals surface area contributed by atoms with Gasteiger partial charge >= 0.3 is 0 Å². The second-order valence-corrected chi connectivity index (χ2v) is 6.42. The maximum Gasteiger partial charge on any atom is 0.230 e. The van der Waals surface area contributed by atoms with Crippen LogP contribution in [-0.2, 0) is 14.4 Å². The fourth-order valence-corrected chi connectivity index (χ4v) is 3.29. The van der Waals surface area contributed by atoms with E-state index >= 15 is 0 Å². The zero-order chi connectivity index (χ0) is 18.7. The van der Waals surface area contributed by atoms with Crippen LogP contribution in [0.4, 0.5) is 11.4 Å². The van der Waals surface area contributed by atoms with Gasteiger partial charge < -0.3 is 15.5 Å². The van der Waals surface area contributed by atoms with Gasteiger partial charge in [-0.05, 0) is 29.8 Å². The Bertz CT molecular complexity index is 818. The van der Waals surface area contributed by atoms with E-state index in [1.165, 1.54) is 6.92 Å². The van der Waals surface area contributed by atoms with Crippen LogP contribution in [0.2, 0.25) is 0 Å². The molecule has 0 spiro atoms. The smallest absolute Gasteiger partial charge is 0.230 e. The molecule has 2 aromatic carbocycles. The lowest BCUT2D eigenvalue weighted by Gasteiger charge is -2.25. The van der Waals surface area contributed by atoms with Crippen LogP contribution in [0.1, 0.15) is 24.9 Å². The monoisotopic (exact) mass is 351 g/mol. The molecule has 2 N–H and O–H groups in total. The third-order valence-corrected chi connectivity index (χ3v) is 4.54. The molecule has 134 valence electrons. The van der Waals surface area contributed by atoms with E-state index in [1.54, 1.807) is 36.2 Å². The molecule has 6 heteroatoms. The number of likely N-dealkylation sites (tertiary alicyclic amines) is 1. The molecule has 2 aromatic rings. The van der Waals surface area contributed by atoms with Gasteiger partial charge in [-0.15, -0.1) is 0 Å². The summed E-state index contributed by atoms with van der Waals surface area (Å²) in [6, 6.07) is 16.2. The minimum atomic E-state index is -0.454. The Morgan fingerprint density at radius 1 is 0.962 bits per heavy atom. The molecule has 0 aromatic heterocycles. The average Bonchev–Trinajstić information content (AvgIpc) is 2.92. The first-order valence-corrected chi connectivity index (χ1v) is 8.45. The van der Waals surface area contributed by atoms with E-state index in [4.69, 9.17) is 0 Å². The van der Waals surface area contributed by atoms with Gasteiger partial charge in [0, 0.05) is 31.8 Å². The molecular formula is C20H21N3O3. The van der Waals surface area contributed by atoms with E-state index in [0.717, 1.165) is 5.56 Å². The fourth-order valence-electron chi connectivity index (χ4n) is 3.29. The molecule has 0 bridgehead atoms. The van der Waals surface area contributed by atoms with E-state index in [2.05, 4.69) is 10.6 Å². The van der Waals surface area contributed by atoms with Crippen molar-refractivity contribution in [3.05, 3.63) is 60.2 Å². The highest BCUT2D eigenvalue weighted by Crippen LogP contribution is 2.37. The van der Waals surface area contributed by atoms with Gasteiger partial charge in [0.25, 0.3) is 0 Å². The fraction of sp³-hybridized carbons (Fsp3) is 0.250. The number of rotatable bonds is 4. The van der Waals surface area contributed by atoms with Gasteiger partial charge in [0.1, 0.15) is 0 Å². The lowest BCUT2D eigenvalue weighted by Crippen LogP contribution is -2.30. The van der Waals surface area contributed by atoms with Crippen molar-refractivity contribution >= 4 is 29.1 Å². The van der Waals surface area contributed by atoms with Crippen LogP contribution in [-0.4, -0.2) is 29.7 Å². The molecule has 6 nitrogen and oxygen atoms in total. The van der Waals surface area contributed by atoms with Crippen molar-refractivity contribution in [2.45, 2.75) is 19.4 Å². The van der Waals surface area contributed by atoms with Crippen molar-refractivity contribution in [2.75, 3.05) is 17.7 Å². The topological polar surface area (TPSA) is 78.5 Å². The summed E-state index contributed by atoms with van der Waals surface area (Å²) < 4.78 is 0. The van der Waals surface area contributed by atoms with E-state index < -0.39 is 5.92 Å². The van der Waals surface area contributed by atoms with Crippen molar-refractivity contribution in [1.29, 1.82) is 0 Å². The van der Waals surface area contributed by atoms with Crippen molar-refractivity contribution in [3.63, 3.8) is 0 Å². The number of nitrogens with one attached hydrogen (secondary N) is 2. The van der Waals surface area contributed by atoms with Gasteiger partial charge in [0.15, 0.2) is 0 Å². The number of benzene rings is 2. The highest BCUT2D eigenvalue weighted by Gasteiger charge is 2.42. The molecule has 3 rings (SSSR count). The first-order chi connectivity index (χ1) is 12.5. The minimum absolute atomic E-state index is 0.0417. The highest BCUT2D eigenvalue weighted by molar-refractivity contribution is 5.98. The number of hydrogen-bond acceptors (Lipinski definition) is 3. The summed E-state index contributed by atoms with van der Waals surface area (Å²) in [4.78, 5) is 37.7. The number of amides is 3. The zero-order valence-corrected chi connectivity index (χ0v) is 14.7. The largest absolute Gasteiger partial charge is 0.338 e. The summed E-state index contributed by atoms with van der Waals surface area (Å²) in [5.41, 5.74) is 2.23. The Kier molecular flexibility index (Phi) is 5.02. The van der Waals surface area contributed by atoms with E-state index in [1.807, 2.05) is 30.3 Å². The molecular weight excluding hydrogens is 330 g/mol. The third-order valence-electron chi connectivity index (χ3n) is 4.54. The molecule has 26 heavy (non-hydrogen) atoms.